The van der Waals surface area contributed by atoms with Gasteiger partial charge in [-0.3, -0.25) is 0 Å². The van der Waals surface area contributed by atoms with Crippen molar-refractivity contribution in [3.05, 3.63) is 39.3 Å². The number of aromatic nitrogens is 1. The first-order chi connectivity index (χ1) is 8.72. The lowest BCUT2D eigenvalue weighted by molar-refractivity contribution is 0.600. The highest BCUT2D eigenvalue weighted by Crippen LogP contribution is 2.34. The topological polar surface area (TPSA) is 50.9 Å². The molecule has 3 nitrogen and oxygen atoms in total. The largest absolute Gasteiger partial charge is 0.399 e. The molecule has 1 unspecified atom stereocenters. The number of nitrogen functional groups attached to an aromatic ring is 1. The Morgan fingerprint density at radius 1 is 1.44 bits per heavy atom. The van der Waals surface area contributed by atoms with E-state index in [-0.39, 0.29) is 0 Å². The van der Waals surface area contributed by atoms with Crippen LogP contribution < -0.4 is 11.1 Å². The highest BCUT2D eigenvalue weighted by molar-refractivity contribution is 9.10. The molecule has 1 heterocycles. The van der Waals surface area contributed by atoms with E-state index in [0.29, 0.717) is 6.04 Å². The van der Waals surface area contributed by atoms with Crippen molar-refractivity contribution in [3.8, 4) is 0 Å². The van der Waals surface area contributed by atoms with Crippen LogP contribution in [0.2, 0.25) is 0 Å². The molecule has 1 aliphatic carbocycles. The Hall–Kier alpha value is -1.07. The van der Waals surface area contributed by atoms with Gasteiger partial charge in [-0.05, 0) is 58.5 Å². The molecule has 0 spiro atoms. The minimum atomic E-state index is 0.354. The zero-order valence-electron chi connectivity index (χ0n) is 9.82. The fraction of sp³-hybridized carbons (Fsp3) is 0.308. The summed E-state index contributed by atoms with van der Waals surface area (Å²) in [5, 5.41) is 6.48. The van der Waals surface area contributed by atoms with E-state index in [1.54, 1.807) is 11.3 Å². The van der Waals surface area contributed by atoms with Gasteiger partial charge in [0.25, 0.3) is 0 Å². The van der Waals surface area contributed by atoms with E-state index in [0.717, 1.165) is 28.3 Å². The first-order valence-corrected chi connectivity index (χ1v) is 7.65. The van der Waals surface area contributed by atoms with Crippen molar-refractivity contribution >= 4 is 38.1 Å². The average Bonchev–Trinajstić information content (AvgIpc) is 2.75. The summed E-state index contributed by atoms with van der Waals surface area (Å²) in [4.78, 5) is 4.39. The van der Waals surface area contributed by atoms with Gasteiger partial charge in [-0.15, -0.1) is 11.3 Å². The Morgan fingerprint density at radius 3 is 3.11 bits per heavy atom. The number of benzene rings is 1. The molecule has 0 fully saturated rings. The quantitative estimate of drug-likeness (QED) is 0.822. The van der Waals surface area contributed by atoms with E-state index in [9.17, 15) is 0 Å². The maximum absolute atomic E-state index is 5.85. The summed E-state index contributed by atoms with van der Waals surface area (Å²) in [5.74, 6) is 0. The molecule has 2 aromatic rings. The number of nitrogens with two attached hydrogens (primary N) is 1. The van der Waals surface area contributed by atoms with Gasteiger partial charge in [0.2, 0.25) is 0 Å². The molecule has 0 bridgehead atoms. The highest BCUT2D eigenvalue weighted by Gasteiger charge is 2.20. The van der Waals surface area contributed by atoms with E-state index in [1.165, 1.54) is 17.5 Å². The number of hydrogen-bond donors (Lipinski definition) is 2. The van der Waals surface area contributed by atoms with E-state index in [1.807, 2.05) is 11.4 Å². The average molecular weight is 324 g/mol. The maximum atomic E-state index is 5.85. The fourth-order valence-electron chi connectivity index (χ4n) is 2.45. The van der Waals surface area contributed by atoms with Crippen molar-refractivity contribution in [2.75, 3.05) is 11.1 Å². The van der Waals surface area contributed by atoms with Gasteiger partial charge in [-0.25, -0.2) is 4.98 Å². The van der Waals surface area contributed by atoms with Crippen LogP contribution in [0.3, 0.4) is 0 Å². The molecular formula is C13H14BrN3S. The summed E-state index contributed by atoms with van der Waals surface area (Å²) < 4.78 is 0.892. The molecule has 0 aliphatic heterocycles. The Kier molecular flexibility index (Phi) is 3.26. The van der Waals surface area contributed by atoms with Crippen LogP contribution in [0.15, 0.2) is 28.2 Å². The molecule has 0 saturated carbocycles. The van der Waals surface area contributed by atoms with Gasteiger partial charge < -0.3 is 11.1 Å². The van der Waals surface area contributed by atoms with Crippen LogP contribution >= 0.6 is 27.3 Å². The molecule has 5 heteroatoms. The summed E-state index contributed by atoms with van der Waals surface area (Å²) >= 11 is 5.01. The summed E-state index contributed by atoms with van der Waals surface area (Å²) in [7, 11) is 0. The minimum Gasteiger partial charge on any atom is -0.399 e. The maximum Gasteiger partial charge on any atom is 0.184 e. The molecule has 1 aromatic carbocycles. The molecular weight excluding hydrogens is 310 g/mol. The van der Waals surface area contributed by atoms with Crippen molar-refractivity contribution in [3.63, 3.8) is 0 Å². The zero-order valence-corrected chi connectivity index (χ0v) is 12.2. The fourth-order valence-corrected chi connectivity index (χ4v) is 3.65. The molecule has 1 aliphatic rings. The number of rotatable bonds is 2. The van der Waals surface area contributed by atoms with Crippen LogP contribution in [0.5, 0.6) is 0 Å². The molecule has 18 heavy (non-hydrogen) atoms. The van der Waals surface area contributed by atoms with Gasteiger partial charge in [0, 0.05) is 11.1 Å². The third-order valence-corrected chi connectivity index (χ3v) is 4.74. The predicted molar refractivity (Wildman–Crippen MR) is 80.0 cm³/mol. The summed E-state index contributed by atoms with van der Waals surface area (Å²) in [6.45, 7) is 0. The standard InChI is InChI=1S/C13H14BrN3S/c14-12-7-18-13(17-12)16-11-3-1-2-8-6-9(15)4-5-10(8)11/h4-7,11H,1-3,15H2,(H,16,17). The molecule has 3 rings (SSSR count). The molecule has 94 valence electrons. The number of nitrogens with one attached hydrogen (secondary N) is 1. The normalized spacial score (nSPS) is 18.4. The highest BCUT2D eigenvalue weighted by atomic mass is 79.9. The second-order valence-corrected chi connectivity index (χ2v) is 6.19. The number of halogens is 1. The lowest BCUT2D eigenvalue weighted by atomic mass is 9.87. The lowest BCUT2D eigenvalue weighted by Crippen LogP contribution is -2.17. The number of nitrogens with zero attached hydrogens (tertiary/aromatic N) is 1. The second kappa shape index (κ2) is 4.90. The van der Waals surface area contributed by atoms with Crippen molar-refractivity contribution < 1.29 is 0 Å². The Balaban J connectivity index is 1.87. The van der Waals surface area contributed by atoms with E-state index >= 15 is 0 Å². The molecule has 1 aromatic heterocycles. The van der Waals surface area contributed by atoms with Crippen molar-refractivity contribution in [2.24, 2.45) is 0 Å². The van der Waals surface area contributed by atoms with Crippen LogP contribution in [0.4, 0.5) is 10.8 Å². The number of anilines is 2. The SMILES string of the molecule is Nc1ccc2c(c1)CCCC2Nc1nc(Br)cs1. The van der Waals surface area contributed by atoms with Crippen LogP contribution in [0.25, 0.3) is 0 Å². The number of thiazole rings is 1. The minimum absolute atomic E-state index is 0.354. The van der Waals surface area contributed by atoms with Gasteiger partial charge in [-0.2, -0.15) is 0 Å². The van der Waals surface area contributed by atoms with Gasteiger partial charge in [0.05, 0.1) is 6.04 Å². The zero-order chi connectivity index (χ0) is 12.5. The number of hydrogen-bond acceptors (Lipinski definition) is 4. The van der Waals surface area contributed by atoms with Crippen LogP contribution in [0, 0.1) is 0 Å². The molecule has 0 saturated heterocycles. The van der Waals surface area contributed by atoms with Crippen molar-refractivity contribution in [2.45, 2.75) is 25.3 Å². The van der Waals surface area contributed by atoms with Gasteiger partial charge in [0.15, 0.2) is 5.13 Å². The molecule has 1 atom stereocenters. The summed E-state index contributed by atoms with van der Waals surface area (Å²) in [5.41, 5.74) is 9.43. The third kappa shape index (κ3) is 2.37. The van der Waals surface area contributed by atoms with Gasteiger partial charge in [0.1, 0.15) is 4.60 Å². The number of aryl methyl sites for hydroxylation is 1. The Bertz CT molecular complexity index is 567. The van der Waals surface area contributed by atoms with E-state index < -0.39 is 0 Å². The smallest absolute Gasteiger partial charge is 0.184 e. The molecule has 0 amide bonds. The summed E-state index contributed by atoms with van der Waals surface area (Å²) in [6, 6.07) is 6.58. The van der Waals surface area contributed by atoms with Crippen molar-refractivity contribution in [1.29, 1.82) is 0 Å². The Labute approximate surface area is 119 Å². The van der Waals surface area contributed by atoms with Gasteiger partial charge in [-0.1, -0.05) is 6.07 Å². The molecule has 3 N–H and O–H groups in total. The summed E-state index contributed by atoms with van der Waals surface area (Å²) in [6.07, 6.45) is 3.47. The van der Waals surface area contributed by atoms with E-state index in [4.69, 9.17) is 5.73 Å². The lowest BCUT2D eigenvalue weighted by Gasteiger charge is -2.26. The predicted octanol–water partition coefficient (Wildman–Crippen LogP) is 3.98. The Morgan fingerprint density at radius 2 is 2.33 bits per heavy atom. The van der Waals surface area contributed by atoms with Crippen LogP contribution in [0.1, 0.15) is 30.0 Å². The van der Waals surface area contributed by atoms with Crippen LogP contribution in [-0.4, -0.2) is 4.98 Å². The number of fused-ring (bicyclic) bond motifs is 1. The van der Waals surface area contributed by atoms with Gasteiger partial charge >= 0.3 is 0 Å². The first-order valence-electron chi connectivity index (χ1n) is 5.98. The van der Waals surface area contributed by atoms with Crippen LogP contribution in [-0.2, 0) is 6.42 Å². The molecule has 0 radical (unpaired) electrons. The third-order valence-electron chi connectivity index (χ3n) is 3.26. The second-order valence-electron chi connectivity index (χ2n) is 4.52. The van der Waals surface area contributed by atoms with E-state index in [2.05, 4.69) is 38.4 Å². The van der Waals surface area contributed by atoms with Crippen molar-refractivity contribution in [1.82, 2.24) is 4.98 Å². The monoisotopic (exact) mass is 323 g/mol. The first kappa shape index (κ1) is 12.0.